The molecule has 0 radical (unpaired) electrons. The summed E-state index contributed by atoms with van der Waals surface area (Å²) in [6.07, 6.45) is 5.25. The Balaban J connectivity index is 0.00000261. The van der Waals surface area contributed by atoms with E-state index in [9.17, 15) is 0 Å². The van der Waals surface area contributed by atoms with E-state index < -0.39 is 0 Å². The number of halogens is 3. The Morgan fingerprint density at radius 2 is 1.04 bits per heavy atom. The van der Waals surface area contributed by atoms with Crippen molar-refractivity contribution in [1.29, 1.82) is 0 Å². The second kappa shape index (κ2) is 11.9. The van der Waals surface area contributed by atoms with E-state index in [0.717, 1.165) is 48.1 Å². The van der Waals surface area contributed by atoms with Gasteiger partial charge < -0.3 is 10.6 Å². The molecule has 2 nitrogen and oxygen atoms in total. The molecule has 0 spiro atoms. The molecular weight excluding hydrogens is 399 g/mol. The van der Waals surface area contributed by atoms with Crippen LogP contribution in [0.3, 0.4) is 0 Å². The van der Waals surface area contributed by atoms with Crippen LogP contribution >= 0.6 is 35.6 Å². The van der Waals surface area contributed by atoms with Gasteiger partial charge in [0.15, 0.2) is 0 Å². The largest absolute Gasteiger partial charge is 0.312 e. The van der Waals surface area contributed by atoms with E-state index in [1.54, 1.807) is 0 Å². The summed E-state index contributed by atoms with van der Waals surface area (Å²) in [5.41, 5.74) is 2.37. The predicted molar refractivity (Wildman–Crippen MR) is 119 cm³/mol. The Labute approximate surface area is 179 Å². The predicted octanol–water partition coefficient (Wildman–Crippen LogP) is 6.10. The summed E-state index contributed by atoms with van der Waals surface area (Å²) in [6.45, 7) is 3.90. The van der Waals surface area contributed by atoms with E-state index in [0.29, 0.717) is 0 Å². The zero-order valence-corrected chi connectivity index (χ0v) is 17.9. The van der Waals surface area contributed by atoms with Gasteiger partial charge in [-0.1, -0.05) is 59.6 Å². The summed E-state index contributed by atoms with van der Waals surface area (Å²) in [7, 11) is 0. The number of hydrogen-bond donors (Lipinski definition) is 2. The fourth-order valence-electron chi connectivity index (χ4n) is 3.75. The highest BCUT2D eigenvalue weighted by molar-refractivity contribution is 6.31. The molecule has 1 aliphatic carbocycles. The standard InChI is InChI=1S/C22H28Cl2N2.ClH/c23-21-7-3-1-5-19(21)15-25-13-17-9-11-18(12-10-17)14-26-16-20-6-2-4-8-22(20)24;/h1-8,17-18,25-26H,9-16H2;1H. The average molecular weight is 428 g/mol. The van der Waals surface area contributed by atoms with Crippen molar-refractivity contribution in [3.8, 4) is 0 Å². The van der Waals surface area contributed by atoms with Crippen molar-refractivity contribution in [2.45, 2.75) is 38.8 Å². The third-order valence-electron chi connectivity index (χ3n) is 5.38. The van der Waals surface area contributed by atoms with Gasteiger partial charge >= 0.3 is 0 Å². The molecule has 0 unspecified atom stereocenters. The highest BCUT2D eigenvalue weighted by atomic mass is 35.5. The second-order valence-electron chi connectivity index (χ2n) is 7.33. The Morgan fingerprint density at radius 3 is 1.41 bits per heavy atom. The molecule has 0 saturated heterocycles. The van der Waals surface area contributed by atoms with Crippen LogP contribution in [0.5, 0.6) is 0 Å². The average Bonchev–Trinajstić information content (AvgIpc) is 2.66. The van der Waals surface area contributed by atoms with Gasteiger partial charge in [0.2, 0.25) is 0 Å². The number of hydrogen-bond acceptors (Lipinski definition) is 2. The van der Waals surface area contributed by atoms with Crippen molar-refractivity contribution in [3.63, 3.8) is 0 Å². The molecule has 1 saturated carbocycles. The SMILES string of the molecule is Cl.Clc1ccccc1CNCC1CCC(CNCc2ccccc2Cl)CC1. The molecule has 5 heteroatoms. The summed E-state index contributed by atoms with van der Waals surface area (Å²) >= 11 is 12.4. The first kappa shape index (κ1) is 22.5. The molecule has 0 heterocycles. The monoisotopic (exact) mass is 426 g/mol. The quantitative estimate of drug-likeness (QED) is 0.532. The fraction of sp³-hybridized carbons (Fsp3) is 0.455. The van der Waals surface area contributed by atoms with Crippen molar-refractivity contribution in [2.24, 2.45) is 11.8 Å². The maximum absolute atomic E-state index is 6.21. The molecule has 2 N–H and O–H groups in total. The molecule has 148 valence electrons. The molecule has 1 aliphatic rings. The molecule has 0 aliphatic heterocycles. The first-order valence-electron chi connectivity index (χ1n) is 9.60. The lowest BCUT2D eigenvalue weighted by atomic mass is 9.82. The fourth-order valence-corrected chi connectivity index (χ4v) is 4.15. The third-order valence-corrected chi connectivity index (χ3v) is 6.12. The second-order valence-corrected chi connectivity index (χ2v) is 8.15. The topological polar surface area (TPSA) is 24.1 Å². The molecule has 0 atom stereocenters. The van der Waals surface area contributed by atoms with Crippen LogP contribution in [-0.2, 0) is 13.1 Å². The van der Waals surface area contributed by atoms with Crippen LogP contribution in [0.15, 0.2) is 48.5 Å². The lowest BCUT2D eigenvalue weighted by Crippen LogP contribution is -2.30. The van der Waals surface area contributed by atoms with Crippen molar-refractivity contribution in [1.82, 2.24) is 10.6 Å². The van der Waals surface area contributed by atoms with Gasteiger partial charge in [0, 0.05) is 23.1 Å². The Bertz CT molecular complexity index is 625. The lowest BCUT2D eigenvalue weighted by molar-refractivity contribution is 0.261. The maximum Gasteiger partial charge on any atom is 0.0450 e. The van der Waals surface area contributed by atoms with Crippen LogP contribution in [0.4, 0.5) is 0 Å². The first-order valence-corrected chi connectivity index (χ1v) is 10.4. The van der Waals surface area contributed by atoms with Crippen molar-refractivity contribution < 1.29 is 0 Å². The van der Waals surface area contributed by atoms with E-state index in [1.807, 2.05) is 36.4 Å². The zero-order chi connectivity index (χ0) is 18.2. The molecule has 0 amide bonds. The summed E-state index contributed by atoms with van der Waals surface area (Å²) in [5.74, 6) is 1.58. The normalized spacial score (nSPS) is 19.5. The Hall–Kier alpha value is -0.770. The van der Waals surface area contributed by atoms with E-state index in [2.05, 4.69) is 22.8 Å². The van der Waals surface area contributed by atoms with Crippen LogP contribution in [0.1, 0.15) is 36.8 Å². The molecule has 2 aromatic rings. The third kappa shape index (κ3) is 7.29. The Kier molecular flexibility index (Phi) is 9.95. The summed E-state index contributed by atoms with van der Waals surface area (Å²) in [5, 5.41) is 8.88. The van der Waals surface area contributed by atoms with Gasteiger partial charge in [-0.15, -0.1) is 12.4 Å². The lowest BCUT2D eigenvalue weighted by Gasteiger charge is -2.29. The summed E-state index contributed by atoms with van der Waals surface area (Å²) in [4.78, 5) is 0. The van der Waals surface area contributed by atoms with Crippen LogP contribution in [0.25, 0.3) is 0 Å². The van der Waals surface area contributed by atoms with Crippen molar-refractivity contribution in [2.75, 3.05) is 13.1 Å². The smallest absolute Gasteiger partial charge is 0.0450 e. The molecule has 0 aromatic heterocycles. The van der Waals surface area contributed by atoms with Gasteiger partial charge in [-0.3, -0.25) is 0 Å². The number of nitrogens with one attached hydrogen (secondary N) is 2. The van der Waals surface area contributed by atoms with Crippen LogP contribution in [-0.4, -0.2) is 13.1 Å². The molecule has 27 heavy (non-hydrogen) atoms. The van der Waals surface area contributed by atoms with E-state index in [4.69, 9.17) is 23.2 Å². The van der Waals surface area contributed by atoms with Gasteiger partial charge in [0.1, 0.15) is 0 Å². The first-order chi connectivity index (χ1) is 12.7. The van der Waals surface area contributed by atoms with E-state index in [-0.39, 0.29) is 12.4 Å². The minimum absolute atomic E-state index is 0. The highest BCUT2D eigenvalue weighted by Gasteiger charge is 2.20. The minimum Gasteiger partial charge on any atom is -0.312 e. The van der Waals surface area contributed by atoms with Crippen LogP contribution in [0.2, 0.25) is 10.0 Å². The highest BCUT2D eigenvalue weighted by Crippen LogP contribution is 2.28. The van der Waals surface area contributed by atoms with Gasteiger partial charge in [0.05, 0.1) is 0 Å². The van der Waals surface area contributed by atoms with E-state index >= 15 is 0 Å². The van der Waals surface area contributed by atoms with Crippen LogP contribution in [0, 0.1) is 11.8 Å². The molecule has 3 rings (SSSR count). The zero-order valence-electron chi connectivity index (χ0n) is 15.6. The van der Waals surface area contributed by atoms with Gasteiger partial charge in [-0.2, -0.15) is 0 Å². The maximum atomic E-state index is 6.21. The number of rotatable bonds is 8. The minimum atomic E-state index is 0. The molecule has 2 aromatic carbocycles. The van der Waals surface area contributed by atoms with E-state index in [1.165, 1.54) is 36.8 Å². The van der Waals surface area contributed by atoms with Gasteiger partial charge in [0.25, 0.3) is 0 Å². The molecule has 1 fully saturated rings. The van der Waals surface area contributed by atoms with Gasteiger partial charge in [-0.25, -0.2) is 0 Å². The van der Waals surface area contributed by atoms with Crippen molar-refractivity contribution >= 4 is 35.6 Å². The Morgan fingerprint density at radius 1 is 0.667 bits per heavy atom. The number of benzene rings is 2. The summed E-state index contributed by atoms with van der Waals surface area (Å²) < 4.78 is 0. The molecule has 0 bridgehead atoms. The summed E-state index contributed by atoms with van der Waals surface area (Å²) in [6, 6.07) is 16.2. The molecular formula is C22H29Cl3N2. The van der Waals surface area contributed by atoms with Crippen molar-refractivity contribution in [3.05, 3.63) is 69.7 Å². The van der Waals surface area contributed by atoms with Gasteiger partial charge in [-0.05, 0) is 73.9 Å². The van der Waals surface area contributed by atoms with Crippen LogP contribution < -0.4 is 10.6 Å².